The van der Waals surface area contributed by atoms with Crippen LogP contribution in [0.4, 0.5) is 11.4 Å². The molecule has 26 heavy (non-hydrogen) atoms. The monoisotopic (exact) mass is 348 g/mol. The highest BCUT2D eigenvalue weighted by Crippen LogP contribution is 2.20. The summed E-state index contributed by atoms with van der Waals surface area (Å²) in [6.07, 6.45) is 0.826. The van der Waals surface area contributed by atoms with E-state index < -0.39 is 0 Å². The lowest BCUT2D eigenvalue weighted by Crippen LogP contribution is -2.22. The summed E-state index contributed by atoms with van der Waals surface area (Å²) in [6, 6.07) is 18.4. The van der Waals surface area contributed by atoms with Crippen LogP contribution in [0.2, 0.25) is 0 Å². The van der Waals surface area contributed by atoms with Gasteiger partial charge in [0.15, 0.2) is 0 Å². The fraction of sp³-hybridized carbons (Fsp3) is 0.238. The highest BCUT2D eigenvalue weighted by Gasteiger charge is 2.12. The van der Waals surface area contributed by atoms with Crippen LogP contribution in [0, 0.1) is 13.8 Å². The maximum absolute atomic E-state index is 12.4. The molecule has 0 atom stereocenters. The van der Waals surface area contributed by atoms with Crippen LogP contribution in [-0.4, -0.2) is 22.2 Å². The molecule has 2 N–H and O–H groups in total. The van der Waals surface area contributed by atoms with E-state index in [0.29, 0.717) is 0 Å². The zero-order valence-electron chi connectivity index (χ0n) is 15.4. The number of rotatable bonds is 6. The zero-order chi connectivity index (χ0) is 18.5. The van der Waals surface area contributed by atoms with Gasteiger partial charge in [0.25, 0.3) is 0 Å². The SMILES string of the molecule is Cc1nn(C)c(C)c1NC(=O)CNc1ccccc1Cc1ccccc1. The number of carbonyl (C=O) groups is 1. The molecule has 3 aromatic rings. The standard InChI is InChI=1S/C21H24N4O/c1-15-21(16(2)25(3)24-15)23-20(26)14-22-19-12-8-7-11-18(19)13-17-9-5-4-6-10-17/h4-12,22H,13-14H2,1-3H3,(H,23,26). The first-order valence-electron chi connectivity index (χ1n) is 8.70. The van der Waals surface area contributed by atoms with Crippen molar-refractivity contribution in [2.24, 2.45) is 7.05 Å². The Bertz CT molecular complexity index is 900. The molecule has 0 radical (unpaired) electrons. The van der Waals surface area contributed by atoms with Crippen LogP contribution in [-0.2, 0) is 18.3 Å². The molecule has 5 heteroatoms. The van der Waals surface area contributed by atoms with Crippen molar-refractivity contribution in [1.82, 2.24) is 9.78 Å². The van der Waals surface area contributed by atoms with Crippen LogP contribution in [0.1, 0.15) is 22.5 Å². The molecule has 3 rings (SSSR count). The summed E-state index contributed by atoms with van der Waals surface area (Å²) in [5, 5.41) is 10.5. The van der Waals surface area contributed by atoms with Crippen LogP contribution in [0.5, 0.6) is 0 Å². The van der Waals surface area contributed by atoms with Gasteiger partial charge >= 0.3 is 0 Å². The molecule has 0 spiro atoms. The third-order valence-electron chi connectivity index (χ3n) is 4.47. The molecule has 0 bridgehead atoms. The van der Waals surface area contributed by atoms with Crippen molar-refractivity contribution in [3.63, 3.8) is 0 Å². The second-order valence-corrected chi connectivity index (χ2v) is 6.39. The van der Waals surface area contributed by atoms with E-state index in [4.69, 9.17) is 0 Å². The fourth-order valence-electron chi connectivity index (χ4n) is 2.98. The molecule has 0 saturated carbocycles. The maximum atomic E-state index is 12.4. The molecule has 1 heterocycles. The van der Waals surface area contributed by atoms with Crippen molar-refractivity contribution < 1.29 is 4.79 Å². The summed E-state index contributed by atoms with van der Waals surface area (Å²) in [7, 11) is 1.87. The van der Waals surface area contributed by atoms with Crippen LogP contribution >= 0.6 is 0 Å². The number of amides is 1. The Hall–Kier alpha value is -3.08. The molecule has 2 aromatic carbocycles. The molecule has 5 nitrogen and oxygen atoms in total. The lowest BCUT2D eigenvalue weighted by molar-refractivity contribution is -0.114. The molecule has 0 fully saturated rings. The molecule has 0 unspecified atom stereocenters. The van der Waals surface area contributed by atoms with Gasteiger partial charge in [-0.25, -0.2) is 0 Å². The number of carbonyl (C=O) groups excluding carboxylic acids is 1. The van der Waals surface area contributed by atoms with Crippen molar-refractivity contribution >= 4 is 17.3 Å². The van der Waals surface area contributed by atoms with E-state index >= 15 is 0 Å². The topological polar surface area (TPSA) is 59.0 Å². The largest absolute Gasteiger partial charge is 0.376 e. The number of hydrogen-bond donors (Lipinski definition) is 2. The number of aryl methyl sites for hydroxylation is 2. The van der Waals surface area contributed by atoms with E-state index in [0.717, 1.165) is 29.2 Å². The van der Waals surface area contributed by atoms with E-state index in [9.17, 15) is 4.79 Å². The summed E-state index contributed by atoms with van der Waals surface area (Å²) >= 11 is 0. The predicted molar refractivity (Wildman–Crippen MR) is 105 cm³/mol. The van der Waals surface area contributed by atoms with E-state index in [-0.39, 0.29) is 12.5 Å². The quantitative estimate of drug-likeness (QED) is 0.714. The number of hydrogen-bond acceptors (Lipinski definition) is 3. The average molecular weight is 348 g/mol. The normalized spacial score (nSPS) is 10.6. The molecule has 0 saturated heterocycles. The average Bonchev–Trinajstić information content (AvgIpc) is 2.88. The van der Waals surface area contributed by atoms with Crippen LogP contribution in [0.15, 0.2) is 54.6 Å². The maximum Gasteiger partial charge on any atom is 0.243 e. The first-order chi connectivity index (χ1) is 12.5. The Morgan fingerprint density at radius 2 is 1.73 bits per heavy atom. The Morgan fingerprint density at radius 1 is 1.04 bits per heavy atom. The minimum atomic E-state index is -0.0845. The van der Waals surface area contributed by atoms with Gasteiger partial charge in [0.2, 0.25) is 5.91 Å². The van der Waals surface area contributed by atoms with E-state index in [1.165, 1.54) is 11.1 Å². The van der Waals surface area contributed by atoms with Crippen LogP contribution < -0.4 is 10.6 Å². The third-order valence-corrected chi connectivity index (χ3v) is 4.47. The van der Waals surface area contributed by atoms with Crippen molar-refractivity contribution in [3.05, 3.63) is 77.1 Å². The minimum Gasteiger partial charge on any atom is -0.376 e. The molecule has 1 amide bonds. The number of aromatic nitrogens is 2. The molecular formula is C21H24N4O. The first-order valence-corrected chi connectivity index (χ1v) is 8.70. The van der Waals surface area contributed by atoms with Crippen LogP contribution in [0.3, 0.4) is 0 Å². The lowest BCUT2D eigenvalue weighted by Gasteiger charge is -2.12. The van der Waals surface area contributed by atoms with Gasteiger partial charge in [-0.1, -0.05) is 48.5 Å². The molecular weight excluding hydrogens is 324 g/mol. The van der Waals surface area contributed by atoms with Gasteiger partial charge in [0.05, 0.1) is 23.6 Å². The molecule has 0 aliphatic heterocycles. The Morgan fingerprint density at radius 3 is 2.42 bits per heavy atom. The van der Waals surface area contributed by atoms with E-state index in [1.54, 1.807) is 4.68 Å². The summed E-state index contributed by atoms with van der Waals surface area (Å²) < 4.78 is 1.77. The fourth-order valence-corrected chi connectivity index (χ4v) is 2.98. The molecule has 134 valence electrons. The second kappa shape index (κ2) is 7.87. The van der Waals surface area contributed by atoms with Gasteiger partial charge in [0.1, 0.15) is 0 Å². The number of anilines is 2. The lowest BCUT2D eigenvalue weighted by atomic mass is 10.0. The highest BCUT2D eigenvalue weighted by molar-refractivity contribution is 5.94. The van der Waals surface area contributed by atoms with Gasteiger partial charge in [-0.2, -0.15) is 5.10 Å². The van der Waals surface area contributed by atoms with E-state index in [1.807, 2.05) is 57.3 Å². The summed E-state index contributed by atoms with van der Waals surface area (Å²) in [5.74, 6) is -0.0845. The van der Waals surface area contributed by atoms with Crippen molar-refractivity contribution in [2.45, 2.75) is 20.3 Å². The Kier molecular flexibility index (Phi) is 5.37. The number of benzene rings is 2. The van der Waals surface area contributed by atoms with Crippen molar-refractivity contribution in [2.75, 3.05) is 17.2 Å². The predicted octanol–water partition coefficient (Wildman–Crippen LogP) is 3.68. The first kappa shape index (κ1) is 17.7. The Labute approximate surface area is 154 Å². The summed E-state index contributed by atoms with van der Waals surface area (Å²) in [4.78, 5) is 12.4. The third kappa shape index (κ3) is 4.11. The zero-order valence-corrected chi connectivity index (χ0v) is 15.4. The molecule has 0 aliphatic rings. The van der Waals surface area contributed by atoms with Gasteiger partial charge in [-0.3, -0.25) is 9.48 Å². The smallest absolute Gasteiger partial charge is 0.243 e. The molecule has 1 aromatic heterocycles. The van der Waals surface area contributed by atoms with Gasteiger partial charge in [-0.15, -0.1) is 0 Å². The summed E-state index contributed by atoms with van der Waals surface area (Å²) in [5.41, 5.74) is 5.94. The minimum absolute atomic E-state index is 0.0845. The Balaban J connectivity index is 1.65. The number of nitrogens with one attached hydrogen (secondary N) is 2. The van der Waals surface area contributed by atoms with Crippen LogP contribution in [0.25, 0.3) is 0 Å². The molecule has 0 aliphatic carbocycles. The second-order valence-electron chi connectivity index (χ2n) is 6.39. The van der Waals surface area contributed by atoms with Gasteiger partial charge < -0.3 is 10.6 Å². The summed E-state index contributed by atoms with van der Waals surface area (Å²) in [6.45, 7) is 4.04. The number of nitrogens with zero attached hydrogens (tertiary/aromatic N) is 2. The van der Waals surface area contributed by atoms with Crippen molar-refractivity contribution in [1.29, 1.82) is 0 Å². The van der Waals surface area contributed by atoms with E-state index in [2.05, 4.69) is 33.9 Å². The van der Waals surface area contributed by atoms with Gasteiger partial charge in [-0.05, 0) is 37.5 Å². The number of para-hydroxylation sites is 1. The van der Waals surface area contributed by atoms with Gasteiger partial charge in [0, 0.05) is 12.7 Å². The van der Waals surface area contributed by atoms with Crippen molar-refractivity contribution in [3.8, 4) is 0 Å². The highest BCUT2D eigenvalue weighted by atomic mass is 16.1.